The standard InChI is InChI=1S/C10H14O5/c1-3-7(6-11)8(4-9(12)13)5-10(14)15-2/h3,6,8H,4-5H2,1-2H3,(H,12,13)/b7-3-/t8-/m1/s1. The van der Waals surface area contributed by atoms with Crippen molar-refractivity contribution in [2.75, 3.05) is 7.11 Å². The largest absolute Gasteiger partial charge is 0.481 e. The van der Waals surface area contributed by atoms with Crippen LogP contribution in [0.1, 0.15) is 19.8 Å². The van der Waals surface area contributed by atoms with Crippen molar-refractivity contribution in [3.8, 4) is 0 Å². The van der Waals surface area contributed by atoms with E-state index in [4.69, 9.17) is 5.11 Å². The Morgan fingerprint density at radius 1 is 1.40 bits per heavy atom. The highest BCUT2D eigenvalue weighted by Crippen LogP contribution is 2.18. The fourth-order valence-corrected chi connectivity index (χ4v) is 1.20. The first kappa shape index (κ1) is 13.4. The first-order valence-electron chi connectivity index (χ1n) is 4.45. The molecule has 0 aromatic heterocycles. The number of allylic oxidation sites excluding steroid dienone is 2. The molecule has 0 aliphatic heterocycles. The van der Waals surface area contributed by atoms with Gasteiger partial charge in [-0.05, 0) is 12.5 Å². The van der Waals surface area contributed by atoms with Crippen LogP contribution in [0.25, 0.3) is 0 Å². The average molecular weight is 214 g/mol. The van der Waals surface area contributed by atoms with E-state index in [1.807, 2.05) is 0 Å². The molecular formula is C10H14O5. The molecular weight excluding hydrogens is 200 g/mol. The Hall–Kier alpha value is -1.65. The number of esters is 1. The van der Waals surface area contributed by atoms with Gasteiger partial charge in [0.05, 0.1) is 20.0 Å². The molecule has 0 unspecified atom stereocenters. The van der Waals surface area contributed by atoms with E-state index in [1.165, 1.54) is 13.2 Å². The Morgan fingerprint density at radius 2 is 2.00 bits per heavy atom. The summed E-state index contributed by atoms with van der Waals surface area (Å²) in [6.07, 6.45) is 1.72. The molecule has 0 radical (unpaired) electrons. The predicted octanol–water partition coefficient (Wildman–Crippen LogP) is 0.786. The quantitative estimate of drug-likeness (QED) is 0.401. The van der Waals surface area contributed by atoms with Crippen LogP contribution in [0.2, 0.25) is 0 Å². The van der Waals surface area contributed by atoms with Gasteiger partial charge in [-0.2, -0.15) is 0 Å². The van der Waals surface area contributed by atoms with E-state index < -0.39 is 17.9 Å². The zero-order valence-corrected chi connectivity index (χ0v) is 8.73. The lowest BCUT2D eigenvalue weighted by atomic mass is 9.93. The Labute approximate surface area is 87.7 Å². The fourth-order valence-electron chi connectivity index (χ4n) is 1.20. The van der Waals surface area contributed by atoms with E-state index in [0.29, 0.717) is 11.9 Å². The fraction of sp³-hybridized carbons (Fsp3) is 0.500. The number of aliphatic carboxylic acids is 1. The molecule has 0 heterocycles. The molecule has 0 aromatic rings. The Kier molecular flexibility index (Phi) is 6.01. The van der Waals surface area contributed by atoms with E-state index in [2.05, 4.69) is 4.74 Å². The van der Waals surface area contributed by atoms with Crippen LogP contribution in [0.5, 0.6) is 0 Å². The first-order chi connectivity index (χ1) is 7.04. The van der Waals surface area contributed by atoms with E-state index in [1.54, 1.807) is 6.92 Å². The molecule has 0 aliphatic carbocycles. The van der Waals surface area contributed by atoms with Gasteiger partial charge in [-0.3, -0.25) is 14.4 Å². The van der Waals surface area contributed by atoms with Crippen LogP contribution in [0.3, 0.4) is 0 Å². The van der Waals surface area contributed by atoms with Gasteiger partial charge in [0.25, 0.3) is 0 Å². The summed E-state index contributed by atoms with van der Waals surface area (Å²) in [5.74, 6) is -2.19. The van der Waals surface area contributed by atoms with Crippen LogP contribution in [0, 0.1) is 5.92 Å². The number of carbonyl (C=O) groups is 3. The minimum absolute atomic E-state index is 0.0960. The molecule has 15 heavy (non-hydrogen) atoms. The van der Waals surface area contributed by atoms with Crippen molar-refractivity contribution in [3.63, 3.8) is 0 Å². The van der Waals surface area contributed by atoms with E-state index in [9.17, 15) is 14.4 Å². The molecule has 0 rings (SSSR count). The molecule has 1 atom stereocenters. The van der Waals surface area contributed by atoms with Crippen molar-refractivity contribution in [1.82, 2.24) is 0 Å². The van der Waals surface area contributed by atoms with Gasteiger partial charge in [0.1, 0.15) is 6.29 Å². The van der Waals surface area contributed by atoms with Gasteiger partial charge in [-0.1, -0.05) is 6.08 Å². The molecule has 0 saturated carbocycles. The molecule has 1 N–H and O–H groups in total. The van der Waals surface area contributed by atoms with Gasteiger partial charge in [0, 0.05) is 5.92 Å². The maximum absolute atomic E-state index is 11.0. The van der Waals surface area contributed by atoms with Gasteiger partial charge in [0.2, 0.25) is 0 Å². The van der Waals surface area contributed by atoms with Crippen LogP contribution < -0.4 is 0 Å². The second-order valence-electron chi connectivity index (χ2n) is 2.98. The zero-order chi connectivity index (χ0) is 11.8. The molecule has 0 bridgehead atoms. The third kappa shape index (κ3) is 4.95. The summed E-state index contributed by atoms with van der Waals surface area (Å²) in [5, 5.41) is 8.61. The summed E-state index contributed by atoms with van der Waals surface area (Å²) < 4.78 is 4.43. The van der Waals surface area contributed by atoms with Crippen molar-refractivity contribution >= 4 is 18.2 Å². The monoisotopic (exact) mass is 214 g/mol. The number of carboxylic acids is 1. The maximum Gasteiger partial charge on any atom is 0.306 e. The molecule has 5 nitrogen and oxygen atoms in total. The molecule has 0 spiro atoms. The third-order valence-electron chi connectivity index (χ3n) is 2.00. The maximum atomic E-state index is 11.0. The van der Waals surface area contributed by atoms with Gasteiger partial charge in [-0.25, -0.2) is 0 Å². The number of hydrogen-bond acceptors (Lipinski definition) is 4. The molecule has 0 fully saturated rings. The number of hydrogen-bond donors (Lipinski definition) is 1. The highest BCUT2D eigenvalue weighted by atomic mass is 16.5. The number of carboxylic acid groups (broad SMARTS) is 1. The molecule has 0 aliphatic rings. The summed E-state index contributed by atoms with van der Waals surface area (Å²) in [7, 11) is 1.22. The predicted molar refractivity (Wildman–Crippen MR) is 52.2 cm³/mol. The van der Waals surface area contributed by atoms with Crippen LogP contribution in [-0.4, -0.2) is 30.4 Å². The van der Waals surface area contributed by atoms with E-state index >= 15 is 0 Å². The Bertz CT molecular complexity index is 280. The van der Waals surface area contributed by atoms with Crippen LogP contribution in [-0.2, 0) is 19.1 Å². The number of rotatable bonds is 6. The van der Waals surface area contributed by atoms with Gasteiger partial charge < -0.3 is 9.84 Å². The lowest BCUT2D eigenvalue weighted by Gasteiger charge is -2.12. The molecule has 5 heteroatoms. The lowest BCUT2D eigenvalue weighted by molar-refractivity contribution is -0.142. The van der Waals surface area contributed by atoms with Crippen molar-refractivity contribution in [2.24, 2.45) is 5.92 Å². The Balaban J connectivity index is 4.63. The van der Waals surface area contributed by atoms with Crippen molar-refractivity contribution in [2.45, 2.75) is 19.8 Å². The number of methoxy groups -OCH3 is 1. The highest BCUT2D eigenvalue weighted by molar-refractivity contribution is 5.80. The van der Waals surface area contributed by atoms with Crippen LogP contribution in [0.15, 0.2) is 11.6 Å². The molecule has 0 amide bonds. The summed E-state index contributed by atoms with van der Waals surface area (Å²) in [6, 6.07) is 0. The second-order valence-corrected chi connectivity index (χ2v) is 2.98. The summed E-state index contributed by atoms with van der Waals surface area (Å²) in [4.78, 5) is 32.1. The topological polar surface area (TPSA) is 80.7 Å². The summed E-state index contributed by atoms with van der Waals surface area (Å²) in [6.45, 7) is 1.62. The van der Waals surface area contributed by atoms with Crippen LogP contribution >= 0.6 is 0 Å². The average Bonchev–Trinajstić information content (AvgIpc) is 2.18. The lowest BCUT2D eigenvalue weighted by Crippen LogP contribution is -2.16. The third-order valence-corrected chi connectivity index (χ3v) is 2.00. The molecule has 0 saturated heterocycles. The van der Waals surface area contributed by atoms with Gasteiger partial charge in [0.15, 0.2) is 0 Å². The zero-order valence-electron chi connectivity index (χ0n) is 8.73. The van der Waals surface area contributed by atoms with Gasteiger partial charge in [-0.15, -0.1) is 0 Å². The van der Waals surface area contributed by atoms with E-state index in [-0.39, 0.29) is 12.8 Å². The number of ether oxygens (including phenoxy) is 1. The van der Waals surface area contributed by atoms with Crippen molar-refractivity contribution in [1.29, 1.82) is 0 Å². The summed E-state index contributed by atoms with van der Waals surface area (Å²) in [5.41, 5.74) is 0.308. The molecule has 84 valence electrons. The summed E-state index contributed by atoms with van der Waals surface area (Å²) >= 11 is 0. The Morgan fingerprint density at radius 3 is 2.33 bits per heavy atom. The minimum atomic E-state index is -1.05. The number of carbonyl (C=O) groups excluding carboxylic acids is 2. The number of aldehydes is 1. The van der Waals surface area contributed by atoms with Crippen molar-refractivity contribution < 1.29 is 24.2 Å². The SMILES string of the molecule is C/C=C(/C=O)[C@H](CC(=O)O)CC(=O)OC. The smallest absolute Gasteiger partial charge is 0.306 e. The minimum Gasteiger partial charge on any atom is -0.481 e. The normalized spacial score (nSPS) is 13.1. The highest BCUT2D eigenvalue weighted by Gasteiger charge is 2.20. The second kappa shape index (κ2) is 6.75. The molecule has 0 aromatic carbocycles. The van der Waals surface area contributed by atoms with Crippen molar-refractivity contribution in [3.05, 3.63) is 11.6 Å². The van der Waals surface area contributed by atoms with Gasteiger partial charge >= 0.3 is 11.9 Å². The first-order valence-corrected chi connectivity index (χ1v) is 4.45. The van der Waals surface area contributed by atoms with E-state index in [0.717, 1.165) is 0 Å². The van der Waals surface area contributed by atoms with Crippen LogP contribution in [0.4, 0.5) is 0 Å².